The number of hydrogen-bond acceptors (Lipinski definition) is 5. The Morgan fingerprint density at radius 1 is 1.45 bits per heavy atom. The van der Waals surface area contributed by atoms with E-state index in [9.17, 15) is 9.18 Å². The van der Waals surface area contributed by atoms with Crippen molar-refractivity contribution in [2.75, 3.05) is 11.9 Å². The summed E-state index contributed by atoms with van der Waals surface area (Å²) in [5, 5.41) is 6.50. The third kappa shape index (κ3) is 3.05. The molecule has 1 N–H and O–H groups in total. The molecule has 0 unspecified atom stereocenters. The SMILES string of the molecule is Cc1noc([C@H]2CCCCN2C(=O)Nc2ccc(F)nc2)n1. The second kappa shape index (κ2) is 6.08. The summed E-state index contributed by atoms with van der Waals surface area (Å²) in [6.45, 7) is 2.34. The quantitative estimate of drug-likeness (QED) is 0.862. The van der Waals surface area contributed by atoms with Gasteiger partial charge in [-0.2, -0.15) is 9.37 Å². The van der Waals surface area contributed by atoms with Gasteiger partial charge in [0.05, 0.1) is 11.9 Å². The average molecular weight is 305 g/mol. The van der Waals surface area contributed by atoms with Crippen LogP contribution in [0.25, 0.3) is 0 Å². The van der Waals surface area contributed by atoms with E-state index in [1.54, 1.807) is 11.8 Å². The second-order valence-electron chi connectivity index (χ2n) is 5.18. The van der Waals surface area contributed by atoms with E-state index in [0.29, 0.717) is 23.9 Å². The second-order valence-corrected chi connectivity index (χ2v) is 5.18. The smallest absolute Gasteiger partial charge is 0.322 e. The highest BCUT2D eigenvalue weighted by molar-refractivity contribution is 5.89. The van der Waals surface area contributed by atoms with Gasteiger partial charge in [0.25, 0.3) is 0 Å². The van der Waals surface area contributed by atoms with Gasteiger partial charge in [0, 0.05) is 6.54 Å². The standard InChI is InChI=1S/C14H16FN5O2/c1-9-17-13(22-19-9)11-4-2-3-7-20(11)14(21)18-10-5-6-12(15)16-8-10/h5-6,8,11H,2-4,7H2,1H3,(H,18,21)/t11-/m1/s1. The maximum Gasteiger partial charge on any atom is 0.322 e. The molecule has 1 fully saturated rings. The first kappa shape index (κ1) is 14.4. The molecule has 1 aliphatic heterocycles. The molecule has 0 spiro atoms. The zero-order valence-electron chi connectivity index (χ0n) is 12.1. The third-order valence-corrected chi connectivity index (χ3v) is 3.57. The Balaban J connectivity index is 1.75. The molecule has 116 valence electrons. The van der Waals surface area contributed by atoms with Gasteiger partial charge in [0.15, 0.2) is 5.82 Å². The Labute approximate surface area is 126 Å². The Kier molecular flexibility index (Phi) is 3.99. The zero-order valence-corrected chi connectivity index (χ0v) is 12.1. The first-order valence-corrected chi connectivity index (χ1v) is 7.13. The van der Waals surface area contributed by atoms with E-state index in [-0.39, 0.29) is 12.1 Å². The molecule has 8 heteroatoms. The first-order chi connectivity index (χ1) is 10.6. The summed E-state index contributed by atoms with van der Waals surface area (Å²) in [4.78, 5) is 21.9. The number of nitrogens with one attached hydrogen (secondary N) is 1. The summed E-state index contributed by atoms with van der Waals surface area (Å²) in [5.41, 5.74) is 0.442. The van der Waals surface area contributed by atoms with Gasteiger partial charge in [-0.3, -0.25) is 0 Å². The molecule has 0 radical (unpaired) electrons. The fourth-order valence-electron chi connectivity index (χ4n) is 2.52. The van der Waals surface area contributed by atoms with E-state index < -0.39 is 5.95 Å². The number of urea groups is 1. The molecule has 2 aromatic heterocycles. The van der Waals surface area contributed by atoms with Crippen LogP contribution in [-0.4, -0.2) is 32.6 Å². The number of likely N-dealkylation sites (tertiary alicyclic amines) is 1. The van der Waals surface area contributed by atoms with Crippen LogP contribution in [0.4, 0.5) is 14.9 Å². The van der Waals surface area contributed by atoms with Crippen LogP contribution in [-0.2, 0) is 0 Å². The molecule has 1 aliphatic rings. The van der Waals surface area contributed by atoms with Crippen LogP contribution in [0.5, 0.6) is 0 Å². The molecule has 22 heavy (non-hydrogen) atoms. The Morgan fingerprint density at radius 2 is 2.32 bits per heavy atom. The van der Waals surface area contributed by atoms with E-state index >= 15 is 0 Å². The van der Waals surface area contributed by atoms with Crippen LogP contribution in [0.2, 0.25) is 0 Å². The number of aromatic nitrogens is 3. The summed E-state index contributed by atoms with van der Waals surface area (Å²) in [7, 11) is 0. The normalized spacial score (nSPS) is 18.3. The topological polar surface area (TPSA) is 84.2 Å². The minimum absolute atomic E-state index is 0.233. The fourth-order valence-corrected chi connectivity index (χ4v) is 2.52. The molecule has 1 atom stereocenters. The van der Waals surface area contributed by atoms with Crippen LogP contribution in [0.15, 0.2) is 22.9 Å². The molecular formula is C14H16FN5O2. The summed E-state index contributed by atoms with van der Waals surface area (Å²) in [6.07, 6.45) is 3.96. The Hall–Kier alpha value is -2.51. The molecular weight excluding hydrogens is 289 g/mol. The zero-order chi connectivity index (χ0) is 15.5. The predicted octanol–water partition coefficient (Wildman–Crippen LogP) is 2.67. The number of piperidine rings is 1. The van der Waals surface area contributed by atoms with E-state index in [1.165, 1.54) is 18.3 Å². The summed E-state index contributed by atoms with van der Waals surface area (Å²) >= 11 is 0. The lowest BCUT2D eigenvalue weighted by molar-refractivity contribution is 0.142. The number of carbonyl (C=O) groups excluding carboxylic acids is 1. The summed E-state index contributed by atoms with van der Waals surface area (Å²) in [5.74, 6) is 0.406. The molecule has 0 bridgehead atoms. The van der Waals surface area contributed by atoms with Crippen molar-refractivity contribution in [2.45, 2.75) is 32.2 Å². The van der Waals surface area contributed by atoms with Gasteiger partial charge >= 0.3 is 6.03 Å². The first-order valence-electron chi connectivity index (χ1n) is 7.13. The largest absolute Gasteiger partial charge is 0.337 e. The molecule has 0 aliphatic carbocycles. The van der Waals surface area contributed by atoms with Crippen molar-refractivity contribution >= 4 is 11.7 Å². The van der Waals surface area contributed by atoms with Crippen LogP contribution in [0.1, 0.15) is 37.0 Å². The molecule has 0 aromatic carbocycles. The number of rotatable bonds is 2. The molecule has 3 rings (SSSR count). The summed E-state index contributed by atoms with van der Waals surface area (Å²) in [6, 6.07) is 2.15. The Morgan fingerprint density at radius 3 is 3.00 bits per heavy atom. The van der Waals surface area contributed by atoms with Crippen molar-refractivity contribution in [3.8, 4) is 0 Å². The number of pyridine rings is 1. The highest BCUT2D eigenvalue weighted by Crippen LogP contribution is 2.30. The number of aryl methyl sites for hydroxylation is 1. The van der Waals surface area contributed by atoms with E-state index in [2.05, 4.69) is 20.4 Å². The lowest BCUT2D eigenvalue weighted by Gasteiger charge is -2.33. The molecule has 7 nitrogen and oxygen atoms in total. The van der Waals surface area contributed by atoms with Crippen molar-refractivity contribution in [1.82, 2.24) is 20.0 Å². The monoisotopic (exact) mass is 305 g/mol. The van der Waals surface area contributed by atoms with Crippen LogP contribution in [0.3, 0.4) is 0 Å². The van der Waals surface area contributed by atoms with Gasteiger partial charge in [-0.05, 0) is 38.3 Å². The number of anilines is 1. The summed E-state index contributed by atoms with van der Waals surface area (Å²) < 4.78 is 18.0. The van der Waals surface area contributed by atoms with Crippen molar-refractivity contribution in [1.29, 1.82) is 0 Å². The lowest BCUT2D eigenvalue weighted by Crippen LogP contribution is -2.41. The Bertz CT molecular complexity index is 658. The maximum absolute atomic E-state index is 12.8. The van der Waals surface area contributed by atoms with Crippen molar-refractivity contribution in [3.05, 3.63) is 36.0 Å². The molecule has 2 aromatic rings. The third-order valence-electron chi connectivity index (χ3n) is 3.57. The highest BCUT2D eigenvalue weighted by atomic mass is 19.1. The number of nitrogens with zero attached hydrogens (tertiary/aromatic N) is 4. The van der Waals surface area contributed by atoms with Gasteiger partial charge in [-0.25, -0.2) is 9.78 Å². The van der Waals surface area contributed by atoms with Gasteiger partial charge in [-0.15, -0.1) is 0 Å². The van der Waals surface area contributed by atoms with Crippen molar-refractivity contribution in [3.63, 3.8) is 0 Å². The van der Waals surface area contributed by atoms with E-state index in [0.717, 1.165) is 19.3 Å². The van der Waals surface area contributed by atoms with Crippen LogP contribution < -0.4 is 5.32 Å². The molecule has 0 saturated carbocycles. The van der Waals surface area contributed by atoms with E-state index in [1.807, 2.05) is 0 Å². The number of hydrogen-bond donors (Lipinski definition) is 1. The predicted molar refractivity (Wildman–Crippen MR) is 75.5 cm³/mol. The van der Waals surface area contributed by atoms with Gasteiger partial charge in [0.2, 0.25) is 11.8 Å². The average Bonchev–Trinajstić information content (AvgIpc) is 2.96. The highest BCUT2D eigenvalue weighted by Gasteiger charge is 2.32. The van der Waals surface area contributed by atoms with Crippen molar-refractivity contribution < 1.29 is 13.7 Å². The minimum Gasteiger partial charge on any atom is -0.337 e. The number of amides is 2. The van der Waals surface area contributed by atoms with Gasteiger partial charge in [-0.1, -0.05) is 5.16 Å². The minimum atomic E-state index is -0.588. The van der Waals surface area contributed by atoms with Crippen LogP contribution >= 0.6 is 0 Å². The van der Waals surface area contributed by atoms with Crippen LogP contribution in [0, 0.1) is 12.9 Å². The van der Waals surface area contributed by atoms with Crippen molar-refractivity contribution in [2.24, 2.45) is 0 Å². The van der Waals surface area contributed by atoms with Gasteiger partial charge in [0.1, 0.15) is 6.04 Å². The molecule has 3 heterocycles. The number of carbonyl (C=O) groups is 1. The fraction of sp³-hybridized carbons (Fsp3) is 0.429. The lowest BCUT2D eigenvalue weighted by atomic mass is 10.0. The van der Waals surface area contributed by atoms with E-state index in [4.69, 9.17) is 4.52 Å². The van der Waals surface area contributed by atoms with Gasteiger partial charge < -0.3 is 14.7 Å². The molecule has 2 amide bonds. The number of halogens is 1. The molecule has 1 saturated heterocycles. The maximum atomic E-state index is 12.8.